The molecule has 0 aromatic heterocycles. The number of nitriles is 1. The van der Waals surface area contributed by atoms with Gasteiger partial charge in [0.05, 0.1) is 11.6 Å². The number of hydrogen-bond donors (Lipinski definition) is 3. The molecule has 9 heteroatoms. The van der Waals surface area contributed by atoms with E-state index in [0.717, 1.165) is 5.56 Å². The van der Waals surface area contributed by atoms with Crippen molar-refractivity contribution < 1.29 is 23.9 Å². The van der Waals surface area contributed by atoms with Crippen LogP contribution >= 0.6 is 0 Å². The smallest absolute Gasteiger partial charge is 0.252 e. The second kappa shape index (κ2) is 14.2. The Kier molecular flexibility index (Phi) is 9.48. The van der Waals surface area contributed by atoms with E-state index >= 15 is 0 Å². The summed E-state index contributed by atoms with van der Waals surface area (Å²) in [4.78, 5) is 38.5. The maximum Gasteiger partial charge on any atom is 0.252 e. The molecule has 0 aliphatic heterocycles. The van der Waals surface area contributed by atoms with Gasteiger partial charge in [0.1, 0.15) is 29.9 Å². The lowest BCUT2D eigenvalue weighted by Gasteiger charge is -2.20. The number of ether oxygens (including phenoxy) is 2. The topological polar surface area (TPSA) is 144 Å². The van der Waals surface area contributed by atoms with Gasteiger partial charge in [-0.05, 0) is 90.0 Å². The minimum atomic E-state index is -1.09. The van der Waals surface area contributed by atoms with Gasteiger partial charge in [0.25, 0.3) is 11.8 Å². The molecule has 4 N–H and O–H groups in total. The maximum atomic E-state index is 13.5. The number of nitrogens with zero attached hydrogens (tertiary/aromatic N) is 1. The lowest BCUT2D eigenvalue weighted by Crippen LogP contribution is -2.37. The Morgan fingerprint density at radius 2 is 1.38 bits per heavy atom. The van der Waals surface area contributed by atoms with E-state index in [0.29, 0.717) is 46.2 Å². The minimum Gasteiger partial charge on any atom is -0.489 e. The Morgan fingerprint density at radius 3 is 2.02 bits per heavy atom. The van der Waals surface area contributed by atoms with E-state index in [1.807, 2.05) is 30.3 Å². The first kappa shape index (κ1) is 30.1. The van der Waals surface area contributed by atoms with Gasteiger partial charge in [0, 0.05) is 16.8 Å². The van der Waals surface area contributed by atoms with Crippen LogP contribution in [0, 0.1) is 11.3 Å². The van der Waals surface area contributed by atoms with Gasteiger partial charge in [-0.15, -0.1) is 0 Å². The molecule has 0 fully saturated rings. The van der Waals surface area contributed by atoms with Crippen LogP contribution in [0.5, 0.6) is 17.2 Å². The average molecular weight is 597 g/mol. The molecule has 3 amide bonds. The molecule has 1 atom stereocenters. The van der Waals surface area contributed by atoms with Crippen LogP contribution in [-0.4, -0.2) is 17.7 Å². The summed E-state index contributed by atoms with van der Waals surface area (Å²) >= 11 is 0. The number of rotatable bonds is 11. The molecule has 0 aliphatic carbocycles. The summed E-state index contributed by atoms with van der Waals surface area (Å²) in [6.07, 6.45) is 0. The van der Waals surface area contributed by atoms with Gasteiger partial charge in [0.2, 0.25) is 5.91 Å². The van der Waals surface area contributed by atoms with Gasteiger partial charge in [-0.2, -0.15) is 5.26 Å². The maximum absolute atomic E-state index is 13.5. The number of carbonyl (C=O) groups excluding carboxylic acids is 3. The Morgan fingerprint density at radius 1 is 0.733 bits per heavy atom. The summed E-state index contributed by atoms with van der Waals surface area (Å²) in [6, 6.07) is 36.9. The number of benzene rings is 5. The molecule has 0 radical (unpaired) electrons. The summed E-state index contributed by atoms with van der Waals surface area (Å²) in [5, 5.41) is 14.5. The van der Waals surface area contributed by atoms with E-state index in [2.05, 4.69) is 16.7 Å². The molecule has 45 heavy (non-hydrogen) atoms. The fourth-order valence-electron chi connectivity index (χ4n) is 4.38. The fraction of sp³-hybridized carbons (Fsp3) is 0.0556. The van der Waals surface area contributed by atoms with Gasteiger partial charge in [-0.3, -0.25) is 14.4 Å². The highest BCUT2D eigenvalue weighted by Gasteiger charge is 2.24. The molecule has 5 aromatic rings. The number of anilines is 1. The van der Waals surface area contributed by atoms with Crippen molar-refractivity contribution >= 4 is 23.4 Å². The zero-order valence-electron chi connectivity index (χ0n) is 24.0. The molecule has 9 nitrogen and oxygen atoms in total. The number of hydrogen-bond acceptors (Lipinski definition) is 6. The van der Waals surface area contributed by atoms with Crippen LogP contribution in [0.1, 0.15) is 43.4 Å². The molecule has 0 heterocycles. The van der Waals surface area contributed by atoms with Crippen LogP contribution in [0.2, 0.25) is 0 Å². The van der Waals surface area contributed by atoms with Gasteiger partial charge < -0.3 is 25.8 Å². The molecule has 0 spiro atoms. The molecule has 0 unspecified atom stereocenters. The van der Waals surface area contributed by atoms with Crippen molar-refractivity contribution in [1.29, 1.82) is 5.26 Å². The minimum absolute atomic E-state index is 0.233. The van der Waals surface area contributed by atoms with Crippen LogP contribution in [0.4, 0.5) is 5.69 Å². The summed E-state index contributed by atoms with van der Waals surface area (Å²) in [5.41, 5.74) is 8.32. The fourth-order valence-corrected chi connectivity index (χ4v) is 4.38. The zero-order valence-corrected chi connectivity index (χ0v) is 24.0. The Labute approximate surface area is 259 Å². The summed E-state index contributed by atoms with van der Waals surface area (Å²) < 4.78 is 11.7. The van der Waals surface area contributed by atoms with Crippen molar-refractivity contribution in [3.8, 4) is 23.3 Å². The van der Waals surface area contributed by atoms with Gasteiger partial charge in [-0.25, -0.2) is 0 Å². The summed E-state index contributed by atoms with van der Waals surface area (Å²) in [6.45, 7) is 0.377. The van der Waals surface area contributed by atoms with Crippen LogP contribution in [0.25, 0.3) is 0 Å². The van der Waals surface area contributed by atoms with E-state index < -0.39 is 23.8 Å². The van der Waals surface area contributed by atoms with E-state index in [1.165, 1.54) is 6.07 Å². The molecule has 0 aliphatic rings. The van der Waals surface area contributed by atoms with E-state index in [4.69, 9.17) is 20.5 Å². The zero-order chi connectivity index (χ0) is 31.6. The van der Waals surface area contributed by atoms with Crippen LogP contribution in [0.3, 0.4) is 0 Å². The van der Waals surface area contributed by atoms with Crippen molar-refractivity contribution in [3.63, 3.8) is 0 Å². The quantitative estimate of drug-likeness (QED) is 0.167. The Bertz CT molecular complexity index is 1830. The van der Waals surface area contributed by atoms with E-state index in [-0.39, 0.29) is 5.56 Å². The third kappa shape index (κ3) is 8.12. The SMILES string of the molecule is N#Cc1ccc(Oc2ccc(C(=O)N[C@H](C(=O)Nc3cccc(C(N)=O)c3)c3ccc(OCc4ccccc4)cc3)cc2)cc1. The first-order valence-electron chi connectivity index (χ1n) is 13.9. The van der Waals surface area contributed by atoms with Crippen molar-refractivity contribution in [3.05, 3.63) is 155 Å². The molecule has 222 valence electrons. The monoisotopic (exact) mass is 596 g/mol. The largest absolute Gasteiger partial charge is 0.489 e. The van der Waals surface area contributed by atoms with Crippen molar-refractivity contribution in [2.75, 3.05) is 5.32 Å². The highest BCUT2D eigenvalue weighted by atomic mass is 16.5. The highest BCUT2D eigenvalue weighted by molar-refractivity contribution is 6.02. The number of nitrogens with two attached hydrogens (primary N) is 1. The molecular formula is C36H28N4O5. The first-order valence-corrected chi connectivity index (χ1v) is 13.9. The average Bonchev–Trinajstić information content (AvgIpc) is 3.07. The molecular weight excluding hydrogens is 568 g/mol. The predicted octanol–water partition coefficient (Wildman–Crippen LogP) is 6.14. The van der Waals surface area contributed by atoms with Gasteiger partial charge in [0.15, 0.2) is 0 Å². The summed E-state index contributed by atoms with van der Waals surface area (Å²) in [5.74, 6) is -0.0154. The normalized spacial score (nSPS) is 11.0. The first-order chi connectivity index (χ1) is 21.9. The Hall–Kier alpha value is -6.40. The van der Waals surface area contributed by atoms with Crippen LogP contribution < -0.4 is 25.8 Å². The number of nitrogens with one attached hydrogen (secondary N) is 2. The number of amides is 3. The van der Waals surface area contributed by atoms with E-state index in [1.54, 1.807) is 91.0 Å². The second-order valence-electron chi connectivity index (χ2n) is 9.95. The Balaban J connectivity index is 1.32. The van der Waals surface area contributed by atoms with Gasteiger partial charge in [-0.1, -0.05) is 48.5 Å². The molecule has 5 aromatic carbocycles. The molecule has 0 saturated carbocycles. The third-order valence-corrected chi connectivity index (χ3v) is 6.75. The summed E-state index contributed by atoms with van der Waals surface area (Å²) in [7, 11) is 0. The molecule has 5 rings (SSSR count). The van der Waals surface area contributed by atoms with Crippen molar-refractivity contribution in [1.82, 2.24) is 5.32 Å². The number of primary amides is 1. The standard InChI is InChI=1S/C36H28N4O5/c37-22-24-9-15-31(16-10-24)45-32-19-13-27(14-20-32)35(42)40-33(36(43)39-29-8-4-7-28(21-29)34(38)41)26-11-17-30(18-12-26)44-23-25-5-2-1-3-6-25/h1-21,33H,23H2,(H2,38,41)(H,39,43)(H,40,42)/t33-/m0/s1. The van der Waals surface area contributed by atoms with E-state index in [9.17, 15) is 14.4 Å². The van der Waals surface area contributed by atoms with Crippen LogP contribution in [-0.2, 0) is 11.4 Å². The van der Waals surface area contributed by atoms with Crippen molar-refractivity contribution in [2.45, 2.75) is 12.6 Å². The van der Waals surface area contributed by atoms with Crippen LogP contribution in [0.15, 0.2) is 127 Å². The van der Waals surface area contributed by atoms with Gasteiger partial charge >= 0.3 is 0 Å². The number of carbonyl (C=O) groups is 3. The third-order valence-electron chi connectivity index (χ3n) is 6.75. The highest BCUT2D eigenvalue weighted by Crippen LogP contribution is 2.24. The van der Waals surface area contributed by atoms with Crippen molar-refractivity contribution in [2.24, 2.45) is 5.73 Å². The predicted molar refractivity (Wildman–Crippen MR) is 169 cm³/mol. The second-order valence-corrected chi connectivity index (χ2v) is 9.95. The lowest BCUT2D eigenvalue weighted by molar-refractivity contribution is -0.118. The lowest BCUT2D eigenvalue weighted by atomic mass is 10.0. The molecule has 0 bridgehead atoms. The molecule has 0 saturated heterocycles.